The Labute approximate surface area is 118 Å². The van der Waals surface area contributed by atoms with Crippen LogP contribution in [0.3, 0.4) is 0 Å². The lowest BCUT2D eigenvalue weighted by atomic mass is 10.1. The molecule has 1 rings (SSSR count). The van der Waals surface area contributed by atoms with Crippen molar-refractivity contribution in [2.24, 2.45) is 0 Å². The molecule has 0 aromatic heterocycles. The van der Waals surface area contributed by atoms with Crippen molar-refractivity contribution in [3.8, 4) is 5.75 Å². The van der Waals surface area contributed by atoms with E-state index in [1.807, 2.05) is 0 Å². The fourth-order valence-corrected chi connectivity index (χ4v) is 1.98. The van der Waals surface area contributed by atoms with Gasteiger partial charge in [-0.05, 0) is 59.7 Å². The normalized spacial score (nSPS) is 10.5. The molecular formula is C12H13F2IO3. The summed E-state index contributed by atoms with van der Waals surface area (Å²) in [6, 6.07) is 4.87. The van der Waals surface area contributed by atoms with E-state index in [0.717, 1.165) is 3.57 Å². The molecule has 0 spiro atoms. The second-order valence-corrected chi connectivity index (χ2v) is 4.68. The minimum absolute atomic E-state index is 0.106. The van der Waals surface area contributed by atoms with Crippen LogP contribution in [0.25, 0.3) is 0 Å². The lowest BCUT2D eigenvalue weighted by Gasteiger charge is -2.11. The quantitative estimate of drug-likeness (QED) is 0.569. The topological polar surface area (TPSA) is 35.5 Å². The van der Waals surface area contributed by atoms with Crippen LogP contribution >= 0.6 is 22.6 Å². The van der Waals surface area contributed by atoms with Gasteiger partial charge in [0.05, 0.1) is 6.61 Å². The smallest absolute Gasteiger partial charge is 0.387 e. The first-order valence-electron chi connectivity index (χ1n) is 5.41. The Morgan fingerprint density at radius 2 is 2.17 bits per heavy atom. The molecular weight excluding hydrogens is 357 g/mol. The molecule has 0 bridgehead atoms. The lowest BCUT2D eigenvalue weighted by Crippen LogP contribution is -2.08. The highest BCUT2D eigenvalue weighted by molar-refractivity contribution is 14.1. The number of esters is 1. The van der Waals surface area contributed by atoms with Gasteiger partial charge < -0.3 is 9.47 Å². The molecule has 1 aromatic rings. The van der Waals surface area contributed by atoms with E-state index in [4.69, 9.17) is 4.74 Å². The SMILES string of the molecule is CCOC(=O)CCc1cc(I)ccc1OC(F)F. The molecule has 100 valence electrons. The Morgan fingerprint density at radius 3 is 2.78 bits per heavy atom. The van der Waals surface area contributed by atoms with Crippen molar-refractivity contribution in [2.45, 2.75) is 26.4 Å². The van der Waals surface area contributed by atoms with Crippen LogP contribution < -0.4 is 4.74 Å². The highest BCUT2D eigenvalue weighted by Crippen LogP contribution is 2.24. The molecule has 3 nitrogen and oxygen atoms in total. The third-order valence-corrected chi connectivity index (χ3v) is 2.81. The number of alkyl halides is 2. The summed E-state index contributed by atoms with van der Waals surface area (Å²) in [4.78, 5) is 11.2. The third-order valence-electron chi connectivity index (χ3n) is 2.14. The fourth-order valence-electron chi connectivity index (χ4n) is 1.42. The molecule has 18 heavy (non-hydrogen) atoms. The lowest BCUT2D eigenvalue weighted by molar-refractivity contribution is -0.143. The van der Waals surface area contributed by atoms with E-state index in [9.17, 15) is 13.6 Å². The molecule has 0 N–H and O–H groups in total. The predicted octanol–water partition coefficient (Wildman–Crippen LogP) is 3.39. The molecule has 0 saturated carbocycles. The zero-order valence-corrected chi connectivity index (χ0v) is 11.9. The summed E-state index contributed by atoms with van der Waals surface area (Å²) in [6.45, 7) is -0.841. The number of benzene rings is 1. The van der Waals surface area contributed by atoms with Crippen molar-refractivity contribution in [3.63, 3.8) is 0 Å². The summed E-state index contributed by atoms with van der Waals surface area (Å²) in [6.07, 6.45) is 0.464. The van der Waals surface area contributed by atoms with Gasteiger partial charge in [0.15, 0.2) is 0 Å². The summed E-state index contributed by atoms with van der Waals surface area (Å²) < 4.78 is 34.5. The van der Waals surface area contributed by atoms with Gasteiger partial charge >= 0.3 is 12.6 Å². The van der Waals surface area contributed by atoms with Crippen LogP contribution in [-0.2, 0) is 16.0 Å². The van der Waals surface area contributed by atoms with Crippen molar-refractivity contribution < 1.29 is 23.0 Å². The molecule has 0 radical (unpaired) electrons. The van der Waals surface area contributed by atoms with Crippen molar-refractivity contribution in [2.75, 3.05) is 6.61 Å². The van der Waals surface area contributed by atoms with Crippen molar-refractivity contribution in [1.29, 1.82) is 0 Å². The van der Waals surface area contributed by atoms with Crippen LogP contribution in [0.2, 0.25) is 0 Å². The highest BCUT2D eigenvalue weighted by atomic mass is 127. The van der Waals surface area contributed by atoms with Crippen LogP contribution in [-0.4, -0.2) is 19.2 Å². The zero-order chi connectivity index (χ0) is 13.5. The largest absolute Gasteiger partial charge is 0.466 e. The summed E-state index contributed by atoms with van der Waals surface area (Å²) in [5, 5.41) is 0. The van der Waals surface area contributed by atoms with Crippen molar-refractivity contribution in [1.82, 2.24) is 0 Å². The number of hydrogen-bond acceptors (Lipinski definition) is 3. The van der Waals surface area contributed by atoms with E-state index in [-0.39, 0.29) is 18.1 Å². The Hall–Kier alpha value is -0.920. The fraction of sp³-hybridized carbons (Fsp3) is 0.417. The van der Waals surface area contributed by atoms with Crippen LogP contribution in [0, 0.1) is 3.57 Å². The standard InChI is InChI=1S/C12H13F2IO3/c1-2-17-11(16)6-3-8-7-9(15)4-5-10(8)18-12(13)14/h4-5,7,12H,2-3,6H2,1H3. The van der Waals surface area contributed by atoms with Crippen LogP contribution in [0.1, 0.15) is 18.9 Å². The van der Waals surface area contributed by atoms with E-state index < -0.39 is 6.61 Å². The van der Waals surface area contributed by atoms with Gasteiger partial charge in [0.1, 0.15) is 5.75 Å². The first-order valence-corrected chi connectivity index (χ1v) is 6.49. The molecule has 0 amide bonds. The maximum Gasteiger partial charge on any atom is 0.387 e. The number of aryl methyl sites for hydroxylation is 1. The number of halogens is 3. The molecule has 0 unspecified atom stereocenters. The molecule has 0 aliphatic rings. The minimum Gasteiger partial charge on any atom is -0.466 e. The van der Waals surface area contributed by atoms with Gasteiger partial charge in [-0.25, -0.2) is 0 Å². The van der Waals surface area contributed by atoms with Gasteiger partial charge in [-0.1, -0.05) is 0 Å². The molecule has 0 fully saturated rings. The Kier molecular flexibility index (Phi) is 6.31. The maximum absolute atomic E-state index is 12.2. The summed E-state index contributed by atoms with van der Waals surface area (Å²) in [5.41, 5.74) is 0.579. The molecule has 0 saturated heterocycles. The number of hydrogen-bond donors (Lipinski definition) is 0. The van der Waals surface area contributed by atoms with Crippen molar-refractivity contribution in [3.05, 3.63) is 27.3 Å². The maximum atomic E-state index is 12.2. The first kappa shape index (κ1) is 15.1. The third kappa shape index (κ3) is 5.16. The van der Waals surface area contributed by atoms with E-state index >= 15 is 0 Å². The van der Waals surface area contributed by atoms with Crippen LogP contribution in [0.15, 0.2) is 18.2 Å². The minimum atomic E-state index is -2.87. The molecule has 1 aromatic carbocycles. The second kappa shape index (κ2) is 7.50. The monoisotopic (exact) mass is 370 g/mol. The second-order valence-electron chi connectivity index (χ2n) is 3.44. The Balaban J connectivity index is 2.72. The Morgan fingerprint density at radius 1 is 1.44 bits per heavy atom. The number of rotatable bonds is 6. The Bertz CT molecular complexity index is 410. The van der Waals surface area contributed by atoms with E-state index in [2.05, 4.69) is 27.3 Å². The molecule has 0 aliphatic heterocycles. The van der Waals surface area contributed by atoms with Gasteiger partial charge in [0.2, 0.25) is 0 Å². The first-order chi connectivity index (χ1) is 8.52. The summed E-state index contributed by atoms with van der Waals surface area (Å²) in [5.74, 6) is -0.242. The molecule has 0 atom stereocenters. The summed E-state index contributed by atoms with van der Waals surface area (Å²) in [7, 11) is 0. The molecule has 0 aliphatic carbocycles. The van der Waals surface area contributed by atoms with Gasteiger partial charge in [-0.2, -0.15) is 8.78 Å². The van der Waals surface area contributed by atoms with Gasteiger partial charge in [0, 0.05) is 9.99 Å². The number of carbonyl (C=O) groups is 1. The molecule has 6 heteroatoms. The number of carbonyl (C=O) groups excluding carboxylic acids is 1. The van der Waals surface area contributed by atoms with Gasteiger partial charge in [-0.15, -0.1) is 0 Å². The van der Waals surface area contributed by atoms with Gasteiger partial charge in [-0.3, -0.25) is 4.79 Å². The average molecular weight is 370 g/mol. The van der Waals surface area contributed by atoms with E-state index in [1.54, 1.807) is 19.1 Å². The zero-order valence-electron chi connectivity index (χ0n) is 9.79. The predicted molar refractivity (Wildman–Crippen MR) is 70.7 cm³/mol. The summed E-state index contributed by atoms with van der Waals surface area (Å²) >= 11 is 2.07. The number of ether oxygens (including phenoxy) is 2. The highest BCUT2D eigenvalue weighted by Gasteiger charge is 2.12. The van der Waals surface area contributed by atoms with Crippen LogP contribution in [0.5, 0.6) is 5.75 Å². The average Bonchev–Trinajstić information content (AvgIpc) is 2.29. The van der Waals surface area contributed by atoms with E-state index in [1.165, 1.54) is 6.07 Å². The van der Waals surface area contributed by atoms with Crippen LogP contribution in [0.4, 0.5) is 8.78 Å². The molecule has 0 heterocycles. The van der Waals surface area contributed by atoms with E-state index in [0.29, 0.717) is 18.6 Å². The van der Waals surface area contributed by atoms with Gasteiger partial charge in [0.25, 0.3) is 0 Å². The van der Waals surface area contributed by atoms with Crippen molar-refractivity contribution >= 4 is 28.6 Å².